The van der Waals surface area contributed by atoms with Crippen molar-refractivity contribution in [1.82, 2.24) is 15.3 Å². The number of carbonyl (C=O) groups is 1. The first-order valence-electron chi connectivity index (χ1n) is 9.95. The van der Waals surface area contributed by atoms with Crippen LogP contribution in [0.15, 0.2) is 4.79 Å². The van der Waals surface area contributed by atoms with Crippen molar-refractivity contribution in [3.63, 3.8) is 0 Å². The molecule has 6 nitrogen and oxygen atoms in total. The fourth-order valence-corrected chi connectivity index (χ4v) is 5.27. The molecule has 2 aromatic heterocycles. The summed E-state index contributed by atoms with van der Waals surface area (Å²) in [4.78, 5) is 34.6. The molecule has 3 rings (SSSR count). The number of amides is 1. The third kappa shape index (κ3) is 4.58. The van der Waals surface area contributed by atoms with Gasteiger partial charge in [0.25, 0.3) is 5.56 Å². The molecule has 2 heterocycles. The lowest BCUT2D eigenvalue weighted by atomic mass is 9.89. The summed E-state index contributed by atoms with van der Waals surface area (Å²) in [5.74, 6) is 1.19. The first-order chi connectivity index (χ1) is 12.9. The van der Waals surface area contributed by atoms with Crippen LogP contribution in [0.1, 0.15) is 62.7 Å². The van der Waals surface area contributed by atoms with Gasteiger partial charge in [0.1, 0.15) is 10.7 Å². The monoisotopic (exact) mass is 426 g/mol. The Kier molecular flexibility index (Phi) is 7.65. The van der Waals surface area contributed by atoms with Crippen molar-refractivity contribution in [2.24, 2.45) is 11.7 Å². The highest BCUT2D eigenvalue weighted by atomic mass is 35.5. The molecule has 2 aromatic rings. The average Bonchev–Trinajstić information content (AvgIpc) is 3.02. The maximum absolute atomic E-state index is 12.6. The number of nitrogens with one attached hydrogen (secondary N) is 2. The van der Waals surface area contributed by atoms with Crippen molar-refractivity contribution in [2.75, 3.05) is 6.54 Å². The maximum Gasteiger partial charge on any atom is 0.259 e. The van der Waals surface area contributed by atoms with E-state index in [0.717, 1.165) is 42.3 Å². The zero-order chi connectivity index (χ0) is 19.6. The van der Waals surface area contributed by atoms with Crippen LogP contribution in [-0.4, -0.2) is 28.0 Å². The van der Waals surface area contributed by atoms with Gasteiger partial charge in [-0.25, -0.2) is 4.98 Å². The summed E-state index contributed by atoms with van der Waals surface area (Å²) in [6, 6.07) is 0. The predicted octanol–water partition coefficient (Wildman–Crippen LogP) is 3.10. The Morgan fingerprint density at radius 2 is 2.11 bits per heavy atom. The number of aryl methyl sites for hydroxylation is 2. The molecule has 1 unspecified atom stereocenters. The Balaban J connectivity index is 0.00000280. The van der Waals surface area contributed by atoms with Gasteiger partial charge in [-0.1, -0.05) is 20.8 Å². The Morgan fingerprint density at radius 3 is 2.75 bits per heavy atom. The Labute approximate surface area is 176 Å². The normalized spacial score (nSPS) is 16.5. The second-order valence-corrected chi connectivity index (χ2v) is 8.87. The molecule has 0 saturated heterocycles. The third-order valence-electron chi connectivity index (χ3n) is 5.95. The lowest BCUT2D eigenvalue weighted by molar-refractivity contribution is -0.123. The topological polar surface area (TPSA) is 101 Å². The number of halogens is 1. The number of hydrogen-bond acceptors (Lipinski definition) is 5. The molecule has 156 valence electrons. The number of nitrogens with two attached hydrogens (primary N) is 1. The summed E-state index contributed by atoms with van der Waals surface area (Å²) >= 11 is 1.64. The van der Waals surface area contributed by atoms with Gasteiger partial charge in [-0.2, -0.15) is 0 Å². The van der Waals surface area contributed by atoms with Gasteiger partial charge in [-0.15, -0.1) is 23.7 Å². The van der Waals surface area contributed by atoms with E-state index in [-0.39, 0.29) is 29.4 Å². The molecule has 0 saturated carbocycles. The van der Waals surface area contributed by atoms with Crippen LogP contribution in [0.2, 0.25) is 0 Å². The van der Waals surface area contributed by atoms with Crippen LogP contribution in [0, 0.1) is 5.92 Å². The molecular weight excluding hydrogens is 396 g/mol. The maximum atomic E-state index is 12.6. The van der Waals surface area contributed by atoms with Crippen LogP contribution in [-0.2, 0) is 24.1 Å². The summed E-state index contributed by atoms with van der Waals surface area (Å²) in [6.07, 6.45) is 5.42. The molecule has 0 fully saturated rings. The molecule has 8 heteroatoms. The molecule has 0 bridgehead atoms. The minimum atomic E-state index is -0.342. The highest BCUT2D eigenvalue weighted by Crippen LogP contribution is 2.35. The Morgan fingerprint density at radius 1 is 1.39 bits per heavy atom. The SMILES string of the molecule is CCC(CC)(CN)NC(=O)CCc1nc2sc3c(c2c(=O)[nH]1)CCC(C)C3.Cl. The molecule has 1 atom stereocenters. The van der Waals surface area contributed by atoms with Gasteiger partial charge in [0, 0.05) is 24.3 Å². The molecule has 0 radical (unpaired) electrons. The van der Waals surface area contributed by atoms with E-state index in [9.17, 15) is 9.59 Å². The van der Waals surface area contributed by atoms with E-state index >= 15 is 0 Å². The summed E-state index contributed by atoms with van der Waals surface area (Å²) in [7, 11) is 0. The summed E-state index contributed by atoms with van der Waals surface area (Å²) in [5, 5.41) is 3.82. The summed E-state index contributed by atoms with van der Waals surface area (Å²) in [6.45, 7) is 6.74. The smallest absolute Gasteiger partial charge is 0.259 e. The number of aromatic nitrogens is 2. The van der Waals surface area contributed by atoms with E-state index in [2.05, 4.69) is 22.2 Å². The van der Waals surface area contributed by atoms with Crippen molar-refractivity contribution in [2.45, 2.75) is 71.3 Å². The average molecular weight is 427 g/mol. The number of hydrogen-bond donors (Lipinski definition) is 3. The van der Waals surface area contributed by atoms with Crippen molar-refractivity contribution in [1.29, 1.82) is 0 Å². The van der Waals surface area contributed by atoms with Crippen molar-refractivity contribution in [3.8, 4) is 0 Å². The van der Waals surface area contributed by atoms with Gasteiger partial charge in [0.05, 0.1) is 10.9 Å². The van der Waals surface area contributed by atoms with Crippen LogP contribution < -0.4 is 16.6 Å². The molecule has 1 aliphatic carbocycles. The predicted molar refractivity (Wildman–Crippen MR) is 118 cm³/mol. The number of thiophene rings is 1. The molecule has 4 N–H and O–H groups in total. The van der Waals surface area contributed by atoms with Gasteiger partial charge in [0.15, 0.2) is 0 Å². The summed E-state index contributed by atoms with van der Waals surface area (Å²) in [5.41, 5.74) is 6.63. The van der Waals surface area contributed by atoms with Gasteiger partial charge < -0.3 is 16.0 Å². The minimum absolute atomic E-state index is 0. The van der Waals surface area contributed by atoms with Crippen LogP contribution in [0.4, 0.5) is 0 Å². The van der Waals surface area contributed by atoms with E-state index < -0.39 is 0 Å². The molecule has 1 aliphatic rings. The molecule has 0 aromatic carbocycles. The number of aromatic amines is 1. The largest absolute Gasteiger partial charge is 0.349 e. The van der Waals surface area contributed by atoms with Gasteiger partial charge >= 0.3 is 0 Å². The first kappa shape index (κ1) is 22.8. The van der Waals surface area contributed by atoms with Gasteiger partial charge in [-0.3, -0.25) is 9.59 Å². The zero-order valence-electron chi connectivity index (χ0n) is 16.9. The molecule has 0 aliphatic heterocycles. The number of fused-ring (bicyclic) bond motifs is 3. The van der Waals surface area contributed by atoms with Crippen LogP contribution in [0.25, 0.3) is 10.2 Å². The van der Waals surface area contributed by atoms with Crippen molar-refractivity contribution >= 4 is 39.9 Å². The molecule has 0 spiro atoms. The van der Waals surface area contributed by atoms with E-state index in [1.54, 1.807) is 11.3 Å². The molecule has 28 heavy (non-hydrogen) atoms. The second-order valence-electron chi connectivity index (χ2n) is 7.78. The van der Waals surface area contributed by atoms with Crippen LogP contribution >= 0.6 is 23.7 Å². The van der Waals surface area contributed by atoms with Gasteiger partial charge in [0.2, 0.25) is 5.91 Å². The highest BCUT2D eigenvalue weighted by molar-refractivity contribution is 7.18. The van der Waals surface area contributed by atoms with Crippen LogP contribution in [0.3, 0.4) is 0 Å². The lowest BCUT2D eigenvalue weighted by Crippen LogP contribution is -2.52. The van der Waals surface area contributed by atoms with E-state index in [0.29, 0.717) is 31.1 Å². The standard InChI is InChI=1S/C20H30N4O2S.ClH/c1-4-20(5-2,11-21)24-16(25)9-8-15-22-18(26)17-13-7-6-12(3)10-14(13)27-19(17)23-15;/h12H,4-11,21H2,1-3H3,(H,24,25)(H,22,23,26);1H. The number of H-pyrrole nitrogens is 1. The Hall–Kier alpha value is -1.44. The van der Waals surface area contributed by atoms with E-state index in [1.165, 1.54) is 10.4 Å². The van der Waals surface area contributed by atoms with Crippen molar-refractivity contribution < 1.29 is 4.79 Å². The molecule has 1 amide bonds. The fourth-order valence-electron chi connectivity index (χ4n) is 3.87. The fraction of sp³-hybridized carbons (Fsp3) is 0.650. The lowest BCUT2D eigenvalue weighted by Gasteiger charge is -2.31. The van der Waals surface area contributed by atoms with Crippen LogP contribution in [0.5, 0.6) is 0 Å². The highest BCUT2D eigenvalue weighted by Gasteiger charge is 2.26. The number of rotatable bonds is 7. The number of carbonyl (C=O) groups excluding carboxylic acids is 1. The molecular formula is C20H31ClN4O2S. The first-order valence-corrected chi connectivity index (χ1v) is 10.8. The van der Waals surface area contributed by atoms with Gasteiger partial charge in [-0.05, 0) is 43.6 Å². The third-order valence-corrected chi connectivity index (χ3v) is 7.10. The number of nitrogens with zero attached hydrogens (tertiary/aromatic N) is 1. The summed E-state index contributed by atoms with van der Waals surface area (Å²) < 4.78 is 0. The Bertz CT molecular complexity index is 880. The van der Waals surface area contributed by atoms with E-state index in [1.807, 2.05) is 13.8 Å². The quantitative estimate of drug-likeness (QED) is 0.633. The van der Waals surface area contributed by atoms with E-state index in [4.69, 9.17) is 5.73 Å². The van der Waals surface area contributed by atoms with Crippen molar-refractivity contribution in [3.05, 3.63) is 26.6 Å². The second kappa shape index (κ2) is 9.37. The minimum Gasteiger partial charge on any atom is -0.349 e. The zero-order valence-corrected chi connectivity index (χ0v) is 18.5.